The fourth-order valence-electron chi connectivity index (χ4n) is 2.00. The van der Waals surface area contributed by atoms with E-state index in [1.165, 1.54) is 11.3 Å². The number of rotatable bonds is 4. The predicted molar refractivity (Wildman–Crippen MR) is 82.8 cm³/mol. The Morgan fingerprint density at radius 1 is 1.43 bits per heavy atom. The normalized spacial score (nSPS) is 12.5. The number of benzene rings is 1. The quantitative estimate of drug-likeness (QED) is 0.771. The molecule has 2 aromatic heterocycles. The lowest BCUT2D eigenvalue weighted by molar-refractivity contribution is 0.0891. The Kier molecular flexibility index (Phi) is 3.96. The molecule has 0 radical (unpaired) electrons. The molecule has 108 valence electrons. The van der Waals surface area contributed by atoms with E-state index in [0.717, 1.165) is 10.9 Å². The third kappa shape index (κ3) is 2.95. The van der Waals surface area contributed by atoms with Gasteiger partial charge in [-0.15, -0.1) is 0 Å². The van der Waals surface area contributed by atoms with Crippen LogP contribution in [-0.2, 0) is 0 Å². The van der Waals surface area contributed by atoms with Crippen LogP contribution < -0.4 is 5.32 Å². The van der Waals surface area contributed by atoms with E-state index in [2.05, 4.69) is 5.32 Å². The van der Waals surface area contributed by atoms with Gasteiger partial charge in [0.05, 0.1) is 11.1 Å². The van der Waals surface area contributed by atoms with Crippen LogP contribution in [0.4, 0.5) is 0 Å². The van der Waals surface area contributed by atoms with E-state index in [1.807, 2.05) is 22.9 Å². The van der Waals surface area contributed by atoms with Crippen molar-refractivity contribution in [3.05, 3.63) is 57.4 Å². The largest absolute Gasteiger partial charge is 0.449 e. The van der Waals surface area contributed by atoms with Crippen molar-refractivity contribution in [3.63, 3.8) is 0 Å². The van der Waals surface area contributed by atoms with Crippen LogP contribution in [0.1, 0.15) is 22.2 Å². The van der Waals surface area contributed by atoms with Crippen molar-refractivity contribution in [2.24, 2.45) is 0 Å². The highest BCUT2D eigenvalue weighted by Gasteiger charge is 2.15. The molecule has 2 heterocycles. The Labute approximate surface area is 130 Å². The van der Waals surface area contributed by atoms with Gasteiger partial charge in [-0.25, -0.2) is 0 Å². The van der Waals surface area contributed by atoms with Gasteiger partial charge in [0.1, 0.15) is 0 Å². The van der Waals surface area contributed by atoms with Crippen molar-refractivity contribution in [2.45, 2.75) is 6.10 Å². The van der Waals surface area contributed by atoms with E-state index in [9.17, 15) is 9.90 Å². The van der Waals surface area contributed by atoms with Gasteiger partial charge in [0.2, 0.25) is 0 Å². The first kappa shape index (κ1) is 14.1. The number of para-hydroxylation sites is 1. The summed E-state index contributed by atoms with van der Waals surface area (Å²) in [5.41, 5.74) is 1.27. The minimum absolute atomic E-state index is 0.125. The summed E-state index contributed by atoms with van der Waals surface area (Å²) in [4.78, 5) is 12.0. The molecule has 3 aromatic rings. The van der Waals surface area contributed by atoms with Crippen LogP contribution in [0.2, 0.25) is 5.02 Å². The van der Waals surface area contributed by atoms with Crippen molar-refractivity contribution in [2.75, 3.05) is 6.54 Å². The Bertz CT molecular complexity index is 766. The number of aliphatic hydroxyl groups excluding tert-OH is 1. The van der Waals surface area contributed by atoms with Crippen molar-refractivity contribution in [1.82, 2.24) is 5.32 Å². The van der Waals surface area contributed by atoms with Crippen LogP contribution in [0, 0.1) is 0 Å². The van der Waals surface area contributed by atoms with Crippen LogP contribution in [-0.4, -0.2) is 17.6 Å². The number of amides is 1. The second-order valence-corrected chi connectivity index (χ2v) is 5.74. The van der Waals surface area contributed by atoms with Crippen molar-refractivity contribution in [1.29, 1.82) is 0 Å². The third-order valence-corrected chi connectivity index (χ3v) is 4.10. The average Bonchev–Trinajstić information content (AvgIpc) is 3.13. The number of hydrogen-bond acceptors (Lipinski definition) is 4. The number of hydrogen-bond donors (Lipinski definition) is 2. The molecule has 0 bridgehead atoms. The van der Waals surface area contributed by atoms with Crippen LogP contribution >= 0.6 is 22.9 Å². The smallest absolute Gasteiger partial charge is 0.287 e. The second-order valence-electron chi connectivity index (χ2n) is 4.55. The molecule has 3 rings (SSSR count). The minimum atomic E-state index is -0.729. The highest BCUT2D eigenvalue weighted by molar-refractivity contribution is 7.07. The maximum atomic E-state index is 12.0. The van der Waals surface area contributed by atoms with E-state index in [-0.39, 0.29) is 18.2 Å². The molecule has 1 unspecified atom stereocenters. The summed E-state index contributed by atoms with van der Waals surface area (Å²) in [5, 5.41) is 17.5. The Morgan fingerprint density at radius 3 is 3.00 bits per heavy atom. The van der Waals surface area contributed by atoms with Gasteiger partial charge in [-0.2, -0.15) is 11.3 Å². The molecule has 0 saturated carbocycles. The summed E-state index contributed by atoms with van der Waals surface area (Å²) in [7, 11) is 0. The minimum Gasteiger partial charge on any atom is -0.449 e. The fraction of sp³-hybridized carbons (Fsp3) is 0.133. The summed E-state index contributed by atoms with van der Waals surface area (Å²) in [6, 6.07) is 8.77. The van der Waals surface area contributed by atoms with E-state index >= 15 is 0 Å². The fourth-order valence-corrected chi connectivity index (χ4v) is 2.93. The molecule has 6 heteroatoms. The zero-order chi connectivity index (χ0) is 14.8. The predicted octanol–water partition coefficient (Wildman–Crippen LogP) is 3.61. The van der Waals surface area contributed by atoms with Gasteiger partial charge in [0, 0.05) is 11.9 Å². The highest BCUT2D eigenvalue weighted by atomic mass is 35.5. The van der Waals surface area contributed by atoms with Gasteiger partial charge in [-0.3, -0.25) is 4.79 Å². The molecule has 4 nitrogen and oxygen atoms in total. The molecular weight excluding hydrogens is 310 g/mol. The second kappa shape index (κ2) is 5.89. The summed E-state index contributed by atoms with van der Waals surface area (Å²) in [6.45, 7) is 0.125. The van der Waals surface area contributed by atoms with Gasteiger partial charge < -0.3 is 14.8 Å². The lowest BCUT2D eigenvalue weighted by atomic mass is 10.2. The number of carbonyl (C=O) groups excluding carboxylic acids is 1. The summed E-state index contributed by atoms with van der Waals surface area (Å²) >= 11 is 7.50. The molecule has 0 saturated heterocycles. The lowest BCUT2D eigenvalue weighted by Gasteiger charge is -2.09. The molecule has 1 atom stereocenters. The SMILES string of the molecule is O=C(NCC(O)c1ccsc1)c1cc2cccc(Cl)c2o1. The Hall–Kier alpha value is -1.82. The molecular formula is C15H12ClNO3S. The maximum absolute atomic E-state index is 12.0. The van der Waals surface area contributed by atoms with Crippen molar-refractivity contribution in [3.8, 4) is 0 Å². The summed E-state index contributed by atoms with van der Waals surface area (Å²) in [5.74, 6) is -0.202. The first-order valence-corrected chi connectivity index (χ1v) is 7.63. The van der Waals surface area contributed by atoms with Gasteiger partial charge >= 0.3 is 0 Å². The molecule has 0 aliphatic heterocycles. The van der Waals surface area contributed by atoms with Crippen LogP contribution in [0.5, 0.6) is 0 Å². The van der Waals surface area contributed by atoms with Crippen molar-refractivity contribution < 1.29 is 14.3 Å². The number of aliphatic hydroxyl groups is 1. The van der Waals surface area contributed by atoms with Gasteiger partial charge in [0.15, 0.2) is 11.3 Å². The van der Waals surface area contributed by atoms with Gasteiger partial charge in [-0.1, -0.05) is 23.7 Å². The summed E-state index contributed by atoms with van der Waals surface area (Å²) < 4.78 is 5.46. The molecule has 21 heavy (non-hydrogen) atoms. The number of carbonyl (C=O) groups is 1. The van der Waals surface area contributed by atoms with E-state index in [0.29, 0.717) is 10.6 Å². The van der Waals surface area contributed by atoms with Crippen LogP contribution in [0.25, 0.3) is 11.0 Å². The standard InChI is InChI=1S/C15H12ClNO3S/c16-11-3-1-2-9-6-13(20-14(9)11)15(19)17-7-12(18)10-4-5-21-8-10/h1-6,8,12,18H,7H2,(H,17,19). The highest BCUT2D eigenvalue weighted by Crippen LogP contribution is 2.26. The number of halogens is 1. The maximum Gasteiger partial charge on any atom is 0.287 e. The first-order chi connectivity index (χ1) is 10.1. The van der Waals surface area contributed by atoms with Crippen molar-refractivity contribution >= 4 is 39.8 Å². The molecule has 0 fully saturated rings. The van der Waals surface area contributed by atoms with Crippen LogP contribution in [0.15, 0.2) is 45.5 Å². The molecule has 1 amide bonds. The Balaban J connectivity index is 1.71. The van der Waals surface area contributed by atoms with E-state index < -0.39 is 6.10 Å². The van der Waals surface area contributed by atoms with Gasteiger partial charge in [0.25, 0.3) is 5.91 Å². The molecule has 1 aromatic carbocycles. The zero-order valence-corrected chi connectivity index (χ0v) is 12.4. The Morgan fingerprint density at radius 2 is 2.29 bits per heavy atom. The number of thiophene rings is 1. The molecule has 2 N–H and O–H groups in total. The van der Waals surface area contributed by atoms with Gasteiger partial charge in [-0.05, 0) is 34.5 Å². The van der Waals surface area contributed by atoms with Crippen LogP contribution in [0.3, 0.4) is 0 Å². The monoisotopic (exact) mass is 321 g/mol. The number of furan rings is 1. The molecule has 0 aliphatic rings. The lowest BCUT2D eigenvalue weighted by Crippen LogP contribution is -2.27. The zero-order valence-electron chi connectivity index (χ0n) is 10.9. The number of nitrogens with one attached hydrogen (secondary N) is 1. The van der Waals surface area contributed by atoms with E-state index in [1.54, 1.807) is 18.2 Å². The molecule has 0 aliphatic carbocycles. The molecule has 0 spiro atoms. The first-order valence-electron chi connectivity index (χ1n) is 6.31. The average molecular weight is 322 g/mol. The van der Waals surface area contributed by atoms with E-state index in [4.69, 9.17) is 16.0 Å². The third-order valence-electron chi connectivity index (χ3n) is 3.10. The number of fused-ring (bicyclic) bond motifs is 1. The summed E-state index contributed by atoms with van der Waals surface area (Å²) in [6.07, 6.45) is -0.729. The topological polar surface area (TPSA) is 62.5 Å².